The fourth-order valence-corrected chi connectivity index (χ4v) is 5.16. The minimum Gasteiger partial charge on any atom is -0.347 e. The third kappa shape index (κ3) is 4.86. The summed E-state index contributed by atoms with van der Waals surface area (Å²) < 4.78 is 30.8. The van der Waals surface area contributed by atoms with Gasteiger partial charge in [0.1, 0.15) is 40.7 Å². The van der Waals surface area contributed by atoms with Crippen LogP contribution in [0.2, 0.25) is 0 Å². The molecule has 0 aliphatic carbocycles. The summed E-state index contributed by atoms with van der Waals surface area (Å²) >= 11 is 0. The molecule has 1 amide bonds. The van der Waals surface area contributed by atoms with Gasteiger partial charge in [-0.15, -0.1) is 0 Å². The minimum absolute atomic E-state index is 0.0167. The summed E-state index contributed by atoms with van der Waals surface area (Å²) in [6.45, 7) is 4.06. The number of rotatable bonds is 6. The molecule has 0 radical (unpaired) electrons. The summed E-state index contributed by atoms with van der Waals surface area (Å²) in [6, 6.07) is 10.3. The third-order valence-corrected chi connectivity index (χ3v) is 6.95. The Bertz CT molecular complexity index is 1640. The van der Waals surface area contributed by atoms with E-state index < -0.39 is 11.7 Å². The quantitative estimate of drug-likeness (QED) is 0.345. The molecular formula is C27H25F2N9O. The number of aromatic nitrogens is 7. The summed E-state index contributed by atoms with van der Waals surface area (Å²) in [6.07, 6.45) is 4.86. The highest BCUT2D eigenvalue weighted by Gasteiger charge is 2.32. The monoisotopic (exact) mass is 529 g/mol. The van der Waals surface area contributed by atoms with E-state index in [1.54, 1.807) is 24.4 Å². The zero-order chi connectivity index (χ0) is 26.9. The van der Waals surface area contributed by atoms with E-state index in [9.17, 15) is 9.18 Å². The van der Waals surface area contributed by atoms with Crippen LogP contribution in [0, 0.1) is 11.6 Å². The van der Waals surface area contributed by atoms with Crippen molar-refractivity contribution in [1.82, 2.24) is 44.9 Å². The second kappa shape index (κ2) is 10.3. The van der Waals surface area contributed by atoms with Crippen molar-refractivity contribution in [3.05, 3.63) is 78.5 Å². The fraction of sp³-hybridized carbons (Fsp3) is 0.259. The van der Waals surface area contributed by atoms with Crippen molar-refractivity contribution in [3.63, 3.8) is 0 Å². The van der Waals surface area contributed by atoms with Crippen LogP contribution in [0.5, 0.6) is 0 Å². The fourth-order valence-electron chi connectivity index (χ4n) is 5.16. The van der Waals surface area contributed by atoms with E-state index in [0.717, 1.165) is 18.1 Å². The number of likely N-dealkylation sites (N-methyl/N-ethyl adjacent to an activating group) is 1. The van der Waals surface area contributed by atoms with Crippen LogP contribution in [-0.4, -0.2) is 71.2 Å². The normalized spacial score (nSPS) is 17.9. The molecule has 6 rings (SSSR count). The Morgan fingerprint density at radius 3 is 2.77 bits per heavy atom. The predicted octanol–water partition coefficient (Wildman–Crippen LogP) is 3.62. The van der Waals surface area contributed by atoms with Crippen molar-refractivity contribution in [2.75, 3.05) is 19.6 Å². The summed E-state index contributed by atoms with van der Waals surface area (Å²) in [4.78, 5) is 32.6. The number of halogens is 2. The number of benzene rings is 1. The molecule has 10 nitrogen and oxygen atoms in total. The molecule has 1 aliphatic heterocycles. The third-order valence-electron chi connectivity index (χ3n) is 6.95. The van der Waals surface area contributed by atoms with E-state index in [0.29, 0.717) is 47.9 Å². The minimum atomic E-state index is -0.526. The number of carbonyl (C=O) groups is 1. The maximum Gasteiger partial charge on any atom is 0.270 e. The van der Waals surface area contributed by atoms with Gasteiger partial charge in [0.05, 0.1) is 23.3 Å². The number of aromatic amines is 1. The number of hydrogen-bond acceptors (Lipinski definition) is 7. The molecule has 0 saturated carbocycles. The molecule has 2 atom stereocenters. The van der Waals surface area contributed by atoms with Gasteiger partial charge < -0.3 is 9.88 Å². The maximum absolute atomic E-state index is 15.1. The first-order chi connectivity index (χ1) is 19.0. The highest BCUT2D eigenvalue weighted by atomic mass is 19.1. The Balaban J connectivity index is 1.42. The highest BCUT2D eigenvalue weighted by Crippen LogP contribution is 2.34. The molecule has 39 heavy (non-hydrogen) atoms. The predicted molar refractivity (Wildman–Crippen MR) is 140 cm³/mol. The molecule has 0 unspecified atom stereocenters. The van der Waals surface area contributed by atoms with Gasteiger partial charge in [-0.2, -0.15) is 5.10 Å². The van der Waals surface area contributed by atoms with E-state index in [-0.39, 0.29) is 23.6 Å². The molecule has 4 aromatic heterocycles. The van der Waals surface area contributed by atoms with Crippen LogP contribution in [-0.2, 0) is 0 Å². The van der Waals surface area contributed by atoms with Crippen LogP contribution in [0.1, 0.15) is 29.9 Å². The Morgan fingerprint density at radius 1 is 1.13 bits per heavy atom. The van der Waals surface area contributed by atoms with E-state index >= 15 is 4.39 Å². The molecule has 5 aromatic rings. The number of hydrogen-bond donors (Lipinski definition) is 2. The van der Waals surface area contributed by atoms with Crippen LogP contribution in [0.3, 0.4) is 0 Å². The number of piperidine rings is 1. The standard InChI is InChI=1S/C27H25F2N9O/c1-2-37-13-17(34-27(39)22-9-16(28)7-8-30-22)10-18(14-37)38-24-11-21(25-32-15-33-36-25)31-12-23(24)35-26(38)19-5-3-4-6-20(19)29/h3-9,11-12,15,17-18H,2,10,13-14H2,1H3,(H,34,39)(H,32,33,36)/t17-,18+/m1/s1. The van der Waals surface area contributed by atoms with Crippen molar-refractivity contribution in [3.8, 4) is 22.9 Å². The molecule has 1 aliphatic rings. The zero-order valence-corrected chi connectivity index (χ0v) is 21.1. The molecule has 5 heterocycles. The molecule has 1 saturated heterocycles. The Hall–Kier alpha value is -4.58. The van der Waals surface area contributed by atoms with E-state index in [4.69, 9.17) is 4.98 Å². The number of H-pyrrole nitrogens is 1. The summed E-state index contributed by atoms with van der Waals surface area (Å²) in [5.74, 6) is -0.383. The summed E-state index contributed by atoms with van der Waals surface area (Å²) in [5.41, 5.74) is 2.33. The number of fused-ring (bicyclic) bond motifs is 1. The lowest BCUT2D eigenvalue weighted by atomic mass is 9.99. The van der Waals surface area contributed by atoms with Crippen molar-refractivity contribution in [2.45, 2.75) is 25.4 Å². The molecule has 1 aromatic carbocycles. The van der Waals surface area contributed by atoms with E-state index in [1.165, 1.54) is 24.7 Å². The molecule has 1 fully saturated rings. The Labute approximate surface area is 222 Å². The lowest BCUT2D eigenvalue weighted by Gasteiger charge is -2.38. The first-order valence-corrected chi connectivity index (χ1v) is 12.6. The zero-order valence-electron chi connectivity index (χ0n) is 21.1. The summed E-state index contributed by atoms with van der Waals surface area (Å²) in [5, 5.41) is 9.77. The molecule has 0 bridgehead atoms. The molecule has 12 heteroatoms. The second-order valence-electron chi connectivity index (χ2n) is 9.45. The number of imidazole rings is 1. The van der Waals surface area contributed by atoms with Crippen LogP contribution < -0.4 is 5.32 Å². The van der Waals surface area contributed by atoms with Crippen molar-refractivity contribution < 1.29 is 13.6 Å². The first-order valence-electron chi connectivity index (χ1n) is 12.6. The van der Waals surface area contributed by atoms with Crippen LogP contribution in [0.4, 0.5) is 8.78 Å². The van der Waals surface area contributed by atoms with Crippen molar-refractivity contribution in [2.24, 2.45) is 0 Å². The Morgan fingerprint density at radius 2 is 2.00 bits per heavy atom. The van der Waals surface area contributed by atoms with Crippen LogP contribution in [0.15, 0.2) is 61.2 Å². The molecule has 0 spiro atoms. The largest absolute Gasteiger partial charge is 0.347 e. The van der Waals surface area contributed by atoms with Crippen molar-refractivity contribution >= 4 is 16.9 Å². The molecular weight excluding hydrogens is 504 g/mol. The topological polar surface area (TPSA) is 118 Å². The average molecular weight is 530 g/mol. The number of nitrogens with zero attached hydrogens (tertiary/aromatic N) is 7. The van der Waals surface area contributed by atoms with Crippen molar-refractivity contribution in [1.29, 1.82) is 0 Å². The number of carbonyl (C=O) groups excluding carboxylic acids is 1. The second-order valence-corrected chi connectivity index (χ2v) is 9.45. The number of pyridine rings is 2. The summed E-state index contributed by atoms with van der Waals surface area (Å²) in [7, 11) is 0. The number of amides is 1. The van der Waals surface area contributed by atoms with E-state index in [1.807, 2.05) is 17.6 Å². The van der Waals surface area contributed by atoms with Gasteiger partial charge in [-0.1, -0.05) is 19.1 Å². The van der Waals surface area contributed by atoms with Gasteiger partial charge in [0, 0.05) is 31.4 Å². The lowest BCUT2D eigenvalue weighted by Crippen LogP contribution is -2.51. The van der Waals surface area contributed by atoms with Gasteiger partial charge in [0.2, 0.25) is 0 Å². The van der Waals surface area contributed by atoms with E-state index in [2.05, 4.69) is 35.4 Å². The van der Waals surface area contributed by atoms with Crippen LogP contribution >= 0.6 is 0 Å². The van der Waals surface area contributed by atoms with Gasteiger partial charge in [-0.25, -0.2) is 18.7 Å². The molecule has 198 valence electrons. The average Bonchev–Trinajstić information content (AvgIpc) is 3.61. The van der Waals surface area contributed by atoms with Gasteiger partial charge >= 0.3 is 0 Å². The Kier molecular flexibility index (Phi) is 6.53. The maximum atomic E-state index is 15.1. The van der Waals surface area contributed by atoms with Gasteiger partial charge in [0.25, 0.3) is 5.91 Å². The number of nitrogens with one attached hydrogen (secondary N) is 2. The lowest BCUT2D eigenvalue weighted by molar-refractivity contribution is 0.0874. The SMILES string of the molecule is CCN1C[C@H](NC(=O)c2cc(F)ccn2)C[C@H](n2c(-c3ccccc3F)nc3cnc(-c4ncn[nH]4)cc32)C1. The van der Waals surface area contributed by atoms with Gasteiger partial charge in [-0.05, 0) is 37.2 Å². The number of likely N-dealkylation sites (tertiary alicyclic amines) is 1. The van der Waals surface area contributed by atoms with Gasteiger partial charge in [0.15, 0.2) is 5.82 Å². The first kappa shape index (κ1) is 24.7. The smallest absolute Gasteiger partial charge is 0.270 e. The van der Waals surface area contributed by atoms with Gasteiger partial charge in [-0.3, -0.25) is 24.8 Å². The van der Waals surface area contributed by atoms with Crippen LogP contribution in [0.25, 0.3) is 33.9 Å². The highest BCUT2D eigenvalue weighted by molar-refractivity contribution is 5.92. The molecule has 2 N–H and O–H groups in total.